The minimum Gasteiger partial charge on any atom is -0.377 e. The average Bonchev–Trinajstić information content (AvgIpc) is 3.05. The van der Waals surface area contributed by atoms with Crippen molar-refractivity contribution < 1.29 is 9.13 Å². The van der Waals surface area contributed by atoms with Gasteiger partial charge in [-0.25, -0.2) is 4.39 Å². The zero-order chi connectivity index (χ0) is 19.7. The summed E-state index contributed by atoms with van der Waals surface area (Å²) < 4.78 is 21.4. The Morgan fingerprint density at radius 2 is 1.93 bits per heavy atom. The zero-order valence-corrected chi connectivity index (χ0v) is 16.6. The topological polar surface area (TPSA) is 47.0 Å². The minimum atomic E-state index is -0.252. The van der Waals surface area contributed by atoms with E-state index in [1.165, 1.54) is 0 Å². The summed E-state index contributed by atoms with van der Waals surface area (Å²) in [4.78, 5) is 0. The lowest BCUT2D eigenvalue weighted by molar-refractivity contribution is 0.0352. The van der Waals surface area contributed by atoms with Crippen molar-refractivity contribution in [3.63, 3.8) is 0 Å². The zero-order valence-electron chi connectivity index (χ0n) is 16.6. The first kappa shape index (κ1) is 17.6. The molecule has 2 aliphatic heterocycles. The van der Waals surface area contributed by atoms with E-state index in [1.807, 2.05) is 37.3 Å². The molecule has 0 aliphatic carbocycles. The van der Waals surface area contributed by atoms with Crippen LogP contribution in [0, 0.1) is 12.7 Å². The van der Waals surface area contributed by atoms with Gasteiger partial charge in [-0.3, -0.25) is 0 Å². The number of nitrogens with zero attached hydrogens (tertiary/aromatic N) is 2. The quantitative estimate of drug-likeness (QED) is 0.649. The first-order valence-electron chi connectivity index (χ1n) is 9.77. The molecule has 0 bridgehead atoms. The number of halogens is 1. The highest BCUT2D eigenvalue weighted by atomic mass is 19.1. The molecular weight excluding hydrogens is 353 g/mol. The van der Waals surface area contributed by atoms with Crippen molar-refractivity contribution in [2.24, 2.45) is 0 Å². The Kier molecular flexibility index (Phi) is 3.60. The van der Waals surface area contributed by atoms with Crippen molar-refractivity contribution in [2.75, 3.05) is 11.9 Å². The summed E-state index contributed by atoms with van der Waals surface area (Å²) in [6.45, 7) is 9.12. The van der Waals surface area contributed by atoms with Crippen LogP contribution in [0.2, 0.25) is 0 Å². The van der Waals surface area contributed by atoms with Crippen molar-refractivity contribution in [3.8, 4) is 11.1 Å². The second-order valence-corrected chi connectivity index (χ2v) is 8.87. The fourth-order valence-corrected chi connectivity index (χ4v) is 5.15. The normalized spacial score (nSPS) is 25.2. The number of rotatable bonds is 1. The molecule has 3 heterocycles. The Morgan fingerprint density at radius 1 is 1.11 bits per heavy atom. The largest absolute Gasteiger partial charge is 0.377 e. The van der Waals surface area contributed by atoms with Gasteiger partial charge in [0.15, 0.2) is 0 Å². The van der Waals surface area contributed by atoms with Crippen LogP contribution < -0.4 is 5.32 Å². The predicted molar refractivity (Wildman–Crippen MR) is 109 cm³/mol. The van der Waals surface area contributed by atoms with Crippen molar-refractivity contribution >= 4 is 16.6 Å². The number of aromatic nitrogens is 2. The molecule has 28 heavy (non-hydrogen) atoms. The smallest absolute Gasteiger partial charge is 0.133 e. The summed E-state index contributed by atoms with van der Waals surface area (Å²) in [5.41, 5.74) is 4.63. The van der Waals surface area contributed by atoms with Crippen LogP contribution >= 0.6 is 0 Å². The maximum atomic E-state index is 15.3. The van der Waals surface area contributed by atoms with Crippen LogP contribution in [0.15, 0.2) is 36.4 Å². The minimum absolute atomic E-state index is 0.0476. The lowest BCUT2D eigenvalue weighted by Crippen LogP contribution is -2.56. The van der Waals surface area contributed by atoms with Crippen molar-refractivity contribution in [1.82, 2.24) is 10.2 Å². The molecule has 5 rings (SSSR count). The van der Waals surface area contributed by atoms with Gasteiger partial charge in [-0.05, 0) is 62.6 Å². The molecule has 1 aromatic heterocycles. The fraction of sp³-hybridized carbons (Fsp3) is 0.391. The third-order valence-electron chi connectivity index (χ3n) is 6.36. The summed E-state index contributed by atoms with van der Waals surface area (Å²) in [6.07, 6.45) is 0.979. The SMILES string of the molecule is Cc1cc2c(-c3cc4c(cc3F)NC(C)(C)C3OCCC43C)cccc2nn1. The highest BCUT2D eigenvalue weighted by Gasteiger charge is 2.53. The van der Waals surface area contributed by atoms with Gasteiger partial charge in [0, 0.05) is 28.7 Å². The van der Waals surface area contributed by atoms with Gasteiger partial charge >= 0.3 is 0 Å². The maximum Gasteiger partial charge on any atom is 0.133 e. The van der Waals surface area contributed by atoms with Crippen LogP contribution in [0.5, 0.6) is 0 Å². The molecular formula is C23H24FN3O. The van der Waals surface area contributed by atoms with E-state index in [2.05, 4.69) is 36.3 Å². The summed E-state index contributed by atoms with van der Waals surface area (Å²) in [5, 5.41) is 12.8. The summed E-state index contributed by atoms with van der Waals surface area (Å²) in [7, 11) is 0. The van der Waals surface area contributed by atoms with E-state index >= 15 is 4.39 Å². The molecule has 2 atom stereocenters. The van der Waals surface area contributed by atoms with E-state index in [-0.39, 0.29) is 22.9 Å². The van der Waals surface area contributed by atoms with Gasteiger partial charge in [-0.2, -0.15) is 10.2 Å². The average molecular weight is 377 g/mol. The van der Waals surface area contributed by atoms with E-state index in [9.17, 15) is 0 Å². The number of ether oxygens (including phenoxy) is 1. The molecule has 1 fully saturated rings. The molecule has 0 spiro atoms. The number of hydrogen-bond donors (Lipinski definition) is 1. The highest BCUT2D eigenvalue weighted by Crippen LogP contribution is 2.51. The van der Waals surface area contributed by atoms with Crippen LogP contribution in [0.3, 0.4) is 0 Å². The van der Waals surface area contributed by atoms with E-state index in [0.717, 1.165) is 46.4 Å². The van der Waals surface area contributed by atoms with Gasteiger partial charge in [0.2, 0.25) is 0 Å². The number of nitrogens with one attached hydrogen (secondary N) is 1. The highest BCUT2D eigenvalue weighted by molar-refractivity contribution is 5.95. The molecule has 2 aliphatic rings. The molecule has 2 aromatic carbocycles. The van der Waals surface area contributed by atoms with Crippen molar-refractivity contribution in [3.05, 3.63) is 53.5 Å². The predicted octanol–water partition coefficient (Wildman–Crippen LogP) is 5.00. The first-order chi connectivity index (χ1) is 13.3. The first-order valence-corrected chi connectivity index (χ1v) is 9.77. The van der Waals surface area contributed by atoms with E-state index in [0.29, 0.717) is 5.56 Å². The number of aryl methyl sites for hydroxylation is 1. The second-order valence-electron chi connectivity index (χ2n) is 8.87. The standard InChI is InChI=1S/C23H24FN3O/c1-13-10-16-14(6-5-7-19(16)27-26-13)15-11-17-20(12-18(15)24)25-22(2,3)21-23(17,4)8-9-28-21/h5-7,10-12,21,25H,8-9H2,1-4H3. The Hall–Kier alpha value is -2.53. The molecule has 0 saturated carbocycles. The maximum absolute atomic E-state index is 15.3. The van der Waals surface area contributed by atoms with Gasteiger partial charge in [-0.1, -0.05) is 19.1 Å². The third kappa shape index (κ3) is 2.39. The lowest BCUT2D eigenvalue weighted by Gasteiger charge is -2.48. The Morgan fingerprint density at radius 3 is 2.75 bits per heavy atom. The van der Waals surface area contributed by atoms with Crippen LogP contribution in [-0.4, -0.2) is 28.4 Å². The van der Waals surface area contributed by atoms with Gasteiger partial charge < -0.3 is 10.1 Å². The van der Waals surface area contributed by atoms with Gasteiger partial charge in [-0.15, -0.1) is 0 Å². The third-order valence-corrected chi connectivity index (χ3v) is 6.36. The number of benzene rings is 2. The molecule has 2 unspecified atom stereocenters. The molecule has 0 radical (unpaired) electrons. The van der Waals surface area contributed by atoms with Crippen LogP contribution in [-0.2, 0) is 10.2 Å². The Balaban J connectivity index is 1.76. The van der Waals surface area contributed by atoms with Crippen molar-refractivity contribution in [2.45, 2.75) is 51.2 Å². The number of hydrogen-bond acceptors (Lipinski definition) is 4. The molecule has 3 aromatic rings. The number of fused-ring (bicyclic) bond motifs is 4. The van der Waals surface area contributed by atoms with E-state index < -0.39 is 0 Å². The van der Waals surface area contributed by atoms with Crippen molar-refractivity contribution in [1.29, 1.82) is 0 Å². The van der Waals surface area contributed by atoms with Gasteiger partial charge in [0.05, 0.1) is 22.9 Å². The molecule has 0 amide bonds. The van der Waals surface area contributed by atoms with E-state index in [4.69, 9.17) is 4.74 Å². The molecule has 5 heteroatoms. The number of anilines is 1. The molecule has 144 valence electrons. The molecule has 1 saturated heterocycles. The molecule has 4 nitrogen and oxygen atoms in total. The van der Waals surface area contributed by atoms with Crippen LogP contribution in [0.4, 0.5) is 10.1 Å². The van der Waals surface area contributed by atoms with E-state index in [1.54, 1.807) is 6.07 Å². The molecule has 1 N–H and O–H groups in total. The Bertz CT molecular complexity index is 1110. The van der Waals surface area contributed by atoms with Crippen LogP contribution in [0.25, 0.3) is 22.0 Å². The monoisotopic (exact) mass is 377 g/mol. The Labute approximate surface area is 164 Å². The van der Waals surface area contributed by atoms with Gasteiger partial charge in [0.1, 0.15) is 5.82 Å². The fourth-order valence-electron chi connectivity index (χ4n) is 5.15. The summed E-state index contributed by atoms with van der Waals surface area (Å²) in [5.74, 6) is -0.231. The second kappa shape index (κ2) is 5.74. The van der Waals surface area contributed by atoms with Crippen LogP contribution in [0.1, 0.15) is 38.4 Å². The van der Waals surface area contributed by atoms with Gasteiger partial charge in [0.25, 0.3) is 0 Å². The summed E-state index contributed by atoms with van der Waals surface area (Å²) in [6, 6.07) is 11.4. The lowest BCUT2D eigenvalue weighted by atomic mass is 9.66. The summed E-state index contributed by atoms with van der Waals surface area (Å²) >= 11 is 0.